The fraction of sp³-hybridized carbons (Fsp3) is 0.561. The summed E-state index contributed by atoms with van der Waals surface area (Å²) in [5.41, 5.74) is 3.20. The summed E-state index contributed by atoms with van der Waals surface area (Å²) in [5, 5.41) is 5.49. The quantitative estimate of drug-likeness (QED) is 0.293. The van der Waals surface area contributed by atoms with E-state index in [1.54, 1.807) is 24.2 Å². The minimum atomic E-state index is 0. The summed E-state index contributed by atoms with van der Waals surface area (Å²) >= 11 is 1.73. The number of allylic oxidation sites excluding steroid dienone is 4. The molecule has 0 heterocycles. The van der Waals surface area contributed by atoms with Gasteiger partial charge in [-0.05, 0) is 10.8 Å². The zero-order valence-electron chi connectivity index (χ0n) is 28.7. The summed E-state index contributed by atoms with van der Waals surface area (Å²) in [7, 11) is 0. The molecule has 2 saturated carbocycles. The van der Waals surface area contributed by atoms with Crippen molar-refractivity contribution in [1.82, 2.24) is 0 Å². The summed E-state index contributed by atoms with van der Waals surface area (Å²) in [4.78, 5) is 0. The van der Waals surface area contributed by atoms with E-state index in [9.17, 15) is 0 Å². The molecular weight excluding hydrogens is 655 g/mol. The average molecular weight is 711 g/mol. The molecule has 2 atom stereocenters. The number of hydrogen-bond acceptors (Lipinski definition) is 0. The van der Waals surface area contributed by atoms with Crippen LogP contribution in [0.25, 0.3) is 21.5 Å². The van der Waals surface area contributed by atoms with Crippen molar-refractivity contribution in [1.29, 1.82) is 0 Å². The maximum Gasteiger partial charge on any atom is -0.109 e. The maximum absolute atomic E-state index is 2.99. The Kier molecular flexibility index (Phi) is 15.5. The van der Waals surface area contributed by atoms with E-state index in [2.05, 4.69) is 110 Å². The van der Waals surface area contributed by atoms with Gasteiger partial charge in [0.2, 0.25) is 0 Å². The van der Waals surface area contributed by atoms with Crippen molar-refractivity contribution in [3.63, 3.8) is 0 Å². The van der Waals surface area contributed by atoms with Crippen molar-refractivity contribution in [2.45, 2.75) is 124 Å². The van der Waals surface area contributed by atoms with Crippen LogP contribution < -0.4 is 24.8 Å². The molecule has 0 amide bonds. The third-order valence-electron chi connectivity index (χ3n) is 10.2. The van der Waals surface area contributed by atoms with Crippen LogP contribution in [0.3, 0.4) is 0 Å². The third kappa shape index (κ3) is 10.3. The second-order valence-electron chi connectivity index (χ2n) is 15.4. The van der Waals surface area contributed by atoms with Gasteiger partial charge in [-0.25, -0.2) is 12.2 Å². The van der Waals surface area contributed by atoms with Gasteiger partial charge in [0.15, 0.2) is 0 Å². The molecule has 3 aliphatic carbocycles. The van der Waals surface area contributed by atoms with Crippen molar-refractivity contribution in [3.05, 3.63) is 77.9 Å². The molecule has 3 aromatic carbocycles. The molecule has 44 heavy (non-hydrogen) atoms. The average Bonchev–Trinajstić information content (AvgIpc) is 3.77. The molecule has 0 saturated heterocycles. The summed E-state index contributed by atoms with van der Waals surface area (Å²) in [6.45, 7) is 18.7. The molecule has 0 radical (unpaired) electrons. The van der Waals surface area contributed by atoms with Gasteiger partial charge in [-0.2, -0.15) is 6.08 Å². The van der Waals surface area contributed by atoms with E-state index >= 15 is 0 Å². The maximum atomic E-state index is 2.99. The van der Waals surface area contributed by atoms with E-state index in [1.807, 2.05) is 15.4 Å². The Bertz CT molecular complexity index is 1280. The van der Waals surface area contributed by atoms with E-state index in [1.165, 1.54) is 84.0 Å². The number of halogens is 2. The fourth-order valence-electron chi connectivity index (χ4n) is 7.11. The molecule has 0 spiro atoms. The SMILES string of the molecule is CC(C)(C)c1ccc2[cH-]c3ccc(C(C)(C)C)cc3c2c1.CC([C](=[Zr+2])C(C)C1CCCC1)C1CCCC1.[C-]1=CC=CC1.[Cl-].[Cl-]. The van der Waals surface area contributed by atoms with Crippen LogP contribution in [0.5, 0.6) is 0 Å². The van der Waals surface area contributed by atoms with Gasteiger partial charge >= 0.3 is 116 Å². The summed E-state index contributed by atoms with van der Waals surface area (Å²) in [5.74, 6) is 3.93. The molecule has 240 valence electrons. The largest absolute Gasteiger partial charge is 1.00 e. The Morgan fingerprint density at radius 2 is 1.14 bits per heavy atom. The number of benzene rings is 2. The molecule has 2 fully saturated rings. The molecule has 0 aliphatic heterocycles. The van der Waals surface area contributed by atoms with Gasteiger partial charge in [-0.15, -0.1) is 46.2 Å². The van der Waals surface area contributed by atoms with E-state index < -0.39 is 0 Å². The van der Waals surface area contributed by atoms with Crippen molar-refractivity contribution in [2.24, 2.45) is 23.7 Å². The molecule has 6 rings (SSSR count). The first-order valence-corrected chi connectivity index (χ1v) is 18.0. The normalized spacial score (nSPS) is 18.2. The smallest absolute Gasteiger partial charge is 0.109 e. The first-order chi connectivity index (χ1) is 19.9. The molecule has 3 heteroatoms. The van der Waals surface area contributed by atoms with E-state index in [0.717, 1.165) is 30.1 Å². The zero-order chi connectivity index (χ0) is 30.5. The second-order valence-corrected chi connectivity index (χ2v) is 16.8. The number of rotatable bonds is 4. The zero-order valence-corrected chi connectivity index (χ0v) is 32.7. The van der Waals surface area contributed by atoms with Gasteiger partial charge in [0.25, 0.3) is 0 Å². The first kappa shape index (κ1) is 39.3. The predicted molar refractivity (Wildman–Crippen MR) is 183 cm³/mol. The van der Waals surface area contributed by atoms with Gasteiger partial charge in [-0.3, -0.25) is 6.08 Å². The third-order valence-corrected chi connectivity index (χ3v) is 12.5. The van der Waals surface area contributed by atoms with Crippen LogP contribution in [0.4, 0.5) is 0 Å². The van der Waals surface area contributed by atoms with Gasteiger partial charge < -0.3 is 24.8 Å². The van der Waals surface area contributed by atoms with Crippen LogP contribution >= 0.6 is 0 Å². The Morgan fingerprint density at radius 3 is 1.43 bits per heavy atom. The van der Waals surface area contributed by atoms with Crippen molar-refractivity contribution in [3.8, 4) is 0 Å². The predicted octanol–water partition coefficient (Wildman–Crippen LogP) is 5.98. The minimum Gasteiger partial charge on any atom is -1.00 e. The molecule has 0 N–H and O–H groups in total. The van der Waals surface area contributed by atoms with Crippen LogP contribution in [0.1, 0.15) is 124 Å². The van der Waals surface area contributed by atoms with Crippen LogP contribution in [0.2, 0.25) is 0 Å². The van der Waals surface area contributed by atoms with Crippen LogP contribution in [-0.2, 0) is 35.1 Å². The van der Waals surface area contributed by atoms with Crippen molar-refractivity contribution < 1.29 is 49.0 Å². The van der Waals surface area contributed by atoms with Crippen LogP contribution in [-0.4, -0.2) is 3.21 Å². The van der Waals surface area contributed by atoms with Gasteiger partial charge in [0, 0.05) is 0 Å². The van der Waals surface area contributed by atoms with E-state index in [4.69, 9.17) is 0 Å². The molecule has 2 unspecified atom stereocenters. The molecule has 0 nitrogen and oxygen atoms in total. The molecule has 0 bridgehead atoms. The monoisotopic (exact) mass is 708 g/mol. The molecular formula is C41H56Cl2Zr-2. The van der Waals surface area contributed by atoms with Crippen molar-refractivity contribution in [2.75, 3.05) is 0 Å². The minimum absolute atomic E-state index is 0. The standard InChI is InChI=1S/C21H25.C15H26.C5H5.2ClH.Zr/c1-20(2,3)16-9-7-14-11-15-8-10-17(21(4,5)6)13-19(15)18(14)12-16;1-12(14-7-3-4-8-14)11-13(2)15-9-5-6-10-15;1-2-4-5-3-1;;;/h7-13H,1-6H3;12-15H,3-10H2,1-2H3;1-3H,4H2;2*1H;/q-1;;-1;;;+2/p-2. The van der Waals surface area contributed by atoms with Gasteiger partial charge in [0.1, 0.15) is 0 Å². The molecule has 3 aromatic rings. The fourth-order valence-corrected chi connectivity index (χ4v) is 8.27. The topological polar surface area (TPSA) is 0 Å². The van der Waals surface area contributed by atoms with Gasteiger partial charge in [0.05, 0.1) is 0 Å². The van der Waals surface area contributed by atoms with E-state index in [0.29, 0.717) is 0 Å². The Labute approximate surface area is 297 Å². The van der Waals surface area contributed by atoms with E-state index in [-0.39, 0.29) is 35.6 Å². The molecule has 3 aliphatic rings. The van der Waals surface area contributed by atoms with Crippen LogP contribution in [0.15, 0.2) is 60.7 Å². The summed E-state index contributed by atoms with van der Waals surface area (Å²) < 4.78 is 1.91. The number of fused-ring (bicyclic) bond motifs is 3. The van der Waals surface area contributed by atoms with Crippen LogP contribution in [0, 0.1) is 29.7 Å². The second kappa shape index (κ2) is 17.3. The Morgan fingerprint density at radius 1 is 0.727 bits per heavy atom. The molecule has 0 aromatic heterocycles. The van der Waals surface area contributed by atoms with Crippen molar-refractivity contribution >= 4 is 24.8 Å². The van der Waals surface area contributed by atoms with Gasteiger partial charge in [-0.1, -0.05) is 76.9 Å². The summed E-state index contributed by atoms with van der Waals surface area (Å²) in [6.07, 6.45) is 22.0. The Balaban J connectivity index is 0.000000260. The summed E-state index contributed by atoms with van der Waals surface area (Å²) in [6, 6.07) is 16.1. The first-order valence-electron chi connectivity index (χ1n) is 16.8. The number of hydrogen-bond donors (Lipinski definition) is 0. The Hall–Kier alpha value is -0.877.